The summed E-state index contributed by atoms with van der Waals surface area (Å²) in [5.74, 6) is 1.28. The molecule has 0 saturated heterocycles. The van der Waals surface area contributed by atoms with Crippen molar-refractivity contribution in [3.8, 4) is 5.75 Å². The number of hydrogen-bond donors (Lipinski definition) is 0. The summed E-state index contributed by atoms with van der Waals surface area (Å²) >= 11 is 5.80. The molecule has 6 heteroatoms. The van der Waals surface area contributed by atoms with Gasteiger partial charge in [-0.2, -0.15) is 4.31 Å². The first-order valence-electron chi connectivity index (χ1n) is 7.09. The molecule has 1 aromatic rings. The minimum atomic E-state index is -3.50. The highest BCUT2D eigenvalue weighted by molar-refractivity contribution is 7.89. The zero-order valence-electron chi connectivity index (χ0n) is 13.1. The first kappa shape index (κ1) is 18.3. The molecule has 0 spiro atoms. The van der Waals surface area contributed by atoms with Crippen LogP contribution in [0.4, 0.5) is 0 Å². The van der Waals surface area contributed by atoms with Crippen LogP contribution in [-0.4, -0.2) is 38.8 Å². The Kier molecular flexibility index (Phi) is 6.97. The second-order valence-corrected chi connectivity index (χ2v) is 7.55. The number of sulfonamides is 1. The van der Waals surface area contributed by atoms with Gasteiger partial charge in [-0.3, -0.25) is 0 Å². The molecule has 0 atom stereocenters. The lowest BCUT2D eigenvalue weighted by molar-refractivity contribution is 0.380. The molecule has 0 unspecified atom stereocenters. The molecular formula is C15H24ClNO3S. The molecule has 0 fully saturated rings. The van der Waals surface area contributed by atoms with E-state index in [1.54, 1.807) is 25.3 Å². The maximum absolute atomic E-state index is 12.8. The molecule has 0 bridgehead atoms. The van der Waals surface area contributed by atoms with E-state index >= 15 is 0 Å². The average molecular weight is 334 g/mol. The number of methoxy groups -OCH3 is 1. The third kappa shape index (κ3) is 4.59. The second-order valence-electron chi connectivity index (χ2n) is 5.26. The molecule has 21 heavy (non-hydrogen) atoms. The number of benzene rings is 1. The van der Waals surface area contributed by atoms with Crippen molar-refractivity contribution in [1.82, 2.24) is 4.31 Å². The van der Waals surface area contributed by atoms with Gasteiger partial charge in [0.1, 0.15) is 5.75 Å². The predicted molar refractivity (Wildman–Crippen MR) is 86.7 cm³/mol. The van der Waals surface area contributed by atoms with E-state index in [1.807, 2.05) is 20.8 Å². The molecule has 0 N–H and O–H groups in total. The highest BCUT2D eigenvalue weighted by atomic mass is 35.5. The highest BCUT2D eigenvalue weighted by Gasteiger charge is 2.26. The lowest BCUT2D eigenvalue weighted by atomic mass is 10.1. The number of halogens is 1. The molecule has 0 saturated carbocycles. The van der Waals surface area contributed by atoms with Gasteiger partial charge in [0, 0.05) is 19.0 Å². The van der Waals surface area contributed by atoms with Crippen LogP contribution in [-0.2, 0) is 16.4 Å². The molecule has 0 aromatic heterocycles. The van der Waals surface area contributed by atoms with Gasteiger partial charge in [-0.1, -0.05) is 20.8 Å². The number of ether oxygens (including phenoxy) is 1. The van der Waals surface area contributed by atoms with Crippen LogP contribution in [0.3, 0.4) is 0 Å². The van der Waals surface area contributed by atoms with Gasteiger partial charge in [-0.25, -0.2) is 8.42 Å². The molecule has 1 rings (SSSR count). The standard InChI is InChI=1S/C15H24ClNO3S/c1-5-17(11-12(2)3)21(18,19)15-7-6-14(20-4)10-13(15)8-9-16/h6-7,10,12H,5,8-9,11H2,1-4H3. The Labute approximate surface area is 133 Å². The summed E-state index contributed by atoms with van der Waals surface area (Å²) in [7, 11) is -1.94. The van der Waals surface area contributed by atoms with Gasteiger partial charge >= 0.3 is 0 Å². The average Bonchev–Trinajstić information content (AvgIpc) is 2.44. The molecule has 4 nitrogen and oxygen atoms in total. The van der Waals surface area contributed by atoms with Crippen molar-refractivity contribution < 1.29 is 13.2 Å². The fraction of sp³-hybridized carbons (Fsp3) is 0.600. The number of alkyl halides is 1. The largest absolute Gasteiger partial charge is 0.497 e. The van der Waals surface area contributed by atoms with Crippen molar-refractivity contribution in [2.75, 3.05) is 26.1 Å². The van der Waals surface area contributed by atoms with Gasteiger partial charge in [0.15, 0.2) is 0 Å². The zero-order chi connectivity index (χ0) is 16.0. The van der Waals surface area contributed by atoms with Gasteiger partial charge in [0.2, 0.25) is 10.0 Å². The third-order valence-corrected chi connectivity index (χ3v) is 5.40. The van der Waals surface area contributed by atoms with E-state index in [0.29, 0.717) is 41.6 Å². The van der Waals surface area contributed by atoms with Gasteiger partial charge in [-0.15, -0.1) is 11.6 Å². The molecule has 0 radical (unpaired) electrons. The first-order valence-corrected chi connectivity index (χ1v) is 9.07. The summed E-state index contributed by atoms with van der Waals surface area (Å²) in [5.41, 5.74) is 0.701. The minimum absolute atomic E-state index is 0.273. The van der Waals surface area contributed by atoms with Crippen molar-refractivity contribution in [3.63, 3.8) is 0 Å². The van der Waals surface area contributed by atoms with E-state index in [0.717, 1.165) is 0 Å². The summed E-state index contributed by atoms with van der Waals surface area (Å²) in [5, 5.41) is 0. The van der Waals surface area contributed by atoms with Crippen LogP contribution in [0.25, 0.3) is 0 Å². The Morgan fingerprint density at radius 1 is 1.33 bits per heavy atom. The van der Waals surface area contributed by atoms with E-state index in [1.165, 1.54) is 4.31 Å². The monoisotopic (exact) mass is 333 g/mol. The number of aryl methyl sites for hydroxylation is 1. The van der Waals surface area contributed by atoms with E-state index in [-0.39, 0.29) is 5.92 Å². The smallest absolute Gasteiger partial charge is 0.243 e. The Balaban J connectivity index is 3.28. The normalized spacial score (nSPS) is 12.1. The van der Waals surface area contributed by atoms with Crippen molar-refractivity contribution in [2.45, 2.75) is 32.1 Å². The fourth-order valence-electron chi connectivity index (χ4n) is 2.18. The van der Waals surface area contributed by atoms with Crippen molar-refractivity contribution >= 4 is 21.6 Å². The van der Waals surface area contributed by atoms with Gasteiger partial charge in [-0.05, 0) is 36.1 Å². The van der Waals surface area contributed by atoms with Crippen molar-refractivity contribution in [3.05, 3.63) is 23.8 Å². The fourth-order valence-corrected chi connectivity index (χ4v) is 4.22. The summed E-state index contributed by atoms with van der Waals surface area (Å²) < 4.78 is 32.4. The lowest BCUT2D eigenvalue weighted by Gasteiger charge is -2.24. The summed E-state index contributed by atoms with van der Waals surface area (Å²) in [6.07, 6.45) is 0.493. The van der Waals surface area contributed by atoms with Crippen LogP contribution in [0, 0.1) is 5.92 Å². The zero-order valence-corrected chi connectivity index (χ0v) is 14.7. The van der Waals surface area contributed by atoms with Crippen LogP contribution in [0.1, 0.15) is 26.3 Å². The Bertz CT molecular complexity index is 558. The van der Waals surface area contributed by atoms with E-state index in [4.69, 9.17) is 16.3 Å². The van der Waals surface area contributed by atoms with Crippen LogP contribution < -0.4 is 4.74 Å². The van der Waals surface area contributed by atoms with E-state index < -0.39 is 10.0 Å². The lowest BCUT2D eigenvalue weighted by Crippen LogP contribution is -2.34. The maximum atomic E-state index is 12.8. The van der Waals surface area contributed by atoms with Crippen molar-refractivity contribution in [1.29, 1.82) is 0 Å². The summed E-state index contributed by atoms with van der Waals surface area (Å²) in [6, 6.07) is 5.03. The van der Waals surface area contributed by atoms with Crippen LogP contribution >= 0.6 is 11.6 Å². The van der Waals surface area contributed by atoms with Crippen LogP contribution in [0.15, 0.2) is 23.1 Å². The van der Waals surface area contributed by atoms with Gasteiger partial charge in [0.25, 0.3) is 0 Å². The number of nitrogens with zero attached hydrogens (tertiary/aromatic N) is 1. The van der Waals surface area contributed by atoms with Crippen LogP contribution in [0.2, 0.25) is 0 Å². The van der Waals surface area contributed by atoms with E-state index in [2.05, 4.69) is 0 Å². The van der Waals surface area contributed by atoms with Crippen LogP contribution in [0.5, 0.6) is 5.75 Å². The van der Waals surface area contributed by atoms with Gasteiger partial charge in [0.05, 0.1) is 12.0 Å². The molecule has 120 valence electrons. The number of rotatable bonds is 8. The second kappa shape index (κ2) is 8.01. The minimum Gasteiger partial charge on any atom is -0.497 e. The highest BCUT2D eigenvalue weighted by Crippen LogP contribution is 2.26. The van der Waals surface area contributed by atoms with E-state index in [9.17, 15) is 8.42 Å². The molecule has 0 aliphatic carbocycles. The number of hydrogen-bond acceptors (Lipinski definition) is 3. The summed E-state index contributed by atoms with van der Waals surface area (Å²) in [4.78, 5) is 0.325. The quantitative estimate of drug-likeness (QED) is 0.687. The van der Waals surface area contributed by atoms with Crippen molar-refractivity contribution in [2.24, 2.45) is 5.92 Å². The molecule has 0 aliphatic heterocycles. The molecule has 1 aromatic carbocycles. The Hall–Kier alpha value is -0.780. The topological polar surface area (TPSA) is 46.6 Å². The molecule has 0 aliphatic rings. The summed E-state index contributed by atoms with van der Waals surface area (Å²) in [6.45, 7) is 6.82. The molecule has 0 heterocycles. The Morgan fingerprint density at radius 2 is 2.00 bits per heavy atom. The molecule has 0 amide bonds. The third-order valence-electron chi connectivity index (χ3n) is 3.17. The predicted octanol–water partition coefficient (Wildman–Crippen LogP) is 3.14. The first-order chi connectivity index (χ1) is 9.86. The SMILES string of the molecule is CCN(CC(C)C)S(=O)(=O)c1ccc(OC)cc1CCCl. The Morgan fingerprint density at radius 3 is 2.48 bits per heavy atom. The molecular weight excluding hydrogens is 310 g/mol. The maximum Gasteiger partial charge on any atom is 0.243 e. The van der Waals surface area contributed by atoms with Gasteiger partial charge < -0.3 is 4.74 Å².